The molecule has 2 heterocycles. The number of likely N-dealkylation sites (tertiary alicyclic amines) is 1. The summed E-state index contributed by atoms with van der Waals surface area (Å²) >= 11 is 1.26. The molecule has 34 heavy (non-hydrogen) atoms. The number of anilines is 1. The van der Waals surface area contributed by atoms with Gasteiger partial charge < -0.3 is 15.3 Å². The summed E-state index contributed by atoms with van der Waals surface area (Å²) in [5.74, 6) is -0.769. The van der Waals surface area contributed by atoms with E-state index in [9.17, 15) is 19.1 Å². The molecule has 0 spiro atoms. The molecule has 2 N–H and O–H groups in total. The molecular weight excluding hydrogens is 455 g/mol. The fourth-order valence-corrected chi connectivity index (χ4v) is 5.43. The Morgan fingerprint density at radius 2 is 2.09 bits per heavy atom. The van der Waals surface area contributed by atoms with Crippen LogP contribution < -0.4 is 5.32 Å². The number of hydrogen-bond donors (Lipinski definition) is 2. The zero-order valence-electron chi connectivity index (χ0n) is 18.8. The van der Waals surface area contributed by atoms with Crippen molar-refractivity contribution >= 4 is 29.2 Å². The number of nitrogens with zero attached hydrogens (tertiary/aromatic N) is 3. The molecule has 0 unspecified atom stereocenters. The molecule has 2 amide bonds. The highest BCUT2D eigenvalue weighted by Crippen LogP contribution is 2.43. The summed E-state index contributed by atoms with van der Waals surface area (Å²) in [5, 5.41) is 13.0. The fraction of sp³-hybridized carbons (Fsp3) is 0.360. The Morgan fingerprint density at radius 1 is 1.26 bits per heavy atom. The number of aromatic nitrogens is 2. The summed E-state index contributed by atoms with van der Waals surface area (Å²) in [5.41, 5.74) is 2.90. The van der Waals surface area contributed by atoms with Gasteiger partial charge in [-0.1, -0.05) is 24.3 Å². The zero-order valence-corrected chi connectivity index (χ0v) is 19.6. The van der Waals surface area contributed by atoms with Crippen LogP contribution in [-0.4, -0.2) is 44.5 Å². The minimum atomic E-state index is -0.951. The first-order valence-corrected chi connectivity index (χ1v) is 12.1. The average Bonchev–Trinajstić information content (AvgIpc) is 3.31. The van der Waals surface area contributed by atoms with Crippen molar-refractivity contribution in [3.8, 4) is 0 Å². The Balaban J connectivity index is 1.42. The molecule has 3 aromatic rings. The van der Waals surface area contributed by atoms with Crippen molar-refractivity contribution in [1.82, 2.24) is 14.3 Å². The van der Waals surface area contributed by atoms with E-state index in [-0.39, 0.29) is 18.3 Å². The van der Waals surface area contributed by atoms with Crippen molar-refractivity contribution in [3.05, 3.63) is 75.8 Å². The number of halogens is 1. The number of carboxylic acids is 1. The molecule has 5 rings (SSSR count). The third-order valence-electron chi connectivity index (χ3n) is 6.82. The van der Waals surface area contributed by atoms with Crippen LogP contribution in [0.4, 0.5) is 14.9 Å². The predicted octanol–water partition coefficient (Wildman–Crippen LogP) is 4.71. The fourth-order valence-electron chi connectivity index (χ4n) is 4.68. The van der Waals surface area contributed by atoms with Crippen molar-refractivity contribution in [2.75, 3.05) is 18.4 Å². The number of urea groups is 1. The summed E-state index contributed by atoms with van der Waals surface area (Å²) in [7, 11) is 0. The lowest BCUT2D eigenvalue weighted by molar-refractivity contribution is -0.136. The van der Waals surface area contributed by atoms with Crippen LogP contribution in [0.5, 0.6) is 0 Å². The van der Waals surface area contributed by atoms with E-state index in [0.717, 1.165) is 29.0 Å². The third kappa shape index (κ3) is 4.27. The second-order valence-electron chi connectivity index (χ2n) is 9.16. The quantitative estimate of drug-likeness (QED) is 0.533. The molecule has 0 radical (unpaired) electrons. The Kier molecular flexibility index (Phi) is 5.81. The van der Waals surface area contributed by atoms with E-state index in [1.165, 1.54) is 23.9 Å². The summed E-state index contributed by atoms with van der Waals surface area (Å²) in [4.78, 5) is 30.8. The number of nitrogens with one attached hydrogen (secondary N) is 1. The minimum absolute atomic E-state index is 0.169. The number of aliphatic carboxylic acids is 1. The second kappa shape index (κ2) is 8.79. The molecule has 9 heteroatoms. The molecule has 2 aromatic carbocycles. The number of carbonyl (C=O) groups is 2. The van der Waals surface area contributed by atoms with Crippen LogP contribution in [0, 0.1) is 12.7 Å². The van der Waals surface area contributed by atoms with Gasteiger partial charge in [-0.25, -0.2) is 14.2 Å². The summed E-state index contributed by atoms with van der Waals surface area (Å²) < 4.78 is 18.6. The first-order valence-electron chi connectivity index (χ1n) is 11.3. The molecule has 1 aliphatic carbocycles. The van der Waals surface area contributed by atoms with Gasteiger partial charge >= 0.3 is 12.0 Å². The number of carbonyl (C=O) groups excluding carboxylic acids is 1. The number of aryl methyl sites for hydroxylation is 1. The number of rotatable bonds is 6. The lowest BCUT2D eigenvalue weighted by atomic mass is 9.80. The van der Waals surface area contributed by atoms with E-state index < -0.39 is 11.4 Å². The van der Waals surface area contributed by atoms with Crippen molar-refractivity contribution in [2.24, 2.45) is 0 Å². The summed E-state index contributed by atoms with van der Waals surface area (Å²) in [6.07, 6.45) is 4.11. The molecule has 7 nitrogen and oxygen atoms in total. The van der Waals surface area contributed by atoms with Gasteiger partial charge in [0.15, 0.2) is 0 Å². The number of benzene rings is 2. The highest BCUT2D eigenvalue weighted by atomic mass is 32.1. The van der Waals surface area contributed by atoms with Crippen LogP contribution in [0.15, 0.2) is 42.7 Å². The molecule has 2 fully saturated rings. The van der Waals surface area contributed by atoms with E-state index in [1.807, 2.05) is 18.2 Å². The topological polar surface area (TPSA) is 95.4 Å². The highest BCUT2D eigenvalue weighted by molar-refractivity contribution is 7.05. The molecule has 1 aromatic heterocycles. The van der Waals surface area contributed by atoms with Crippen molar-refractivity contribution in [2.45, 2.75) is 43.9 Å². The minimum Gasteiger partial charge on any atom is -0.481 e. The van der Waals surface area contributed by atoms with Gasteiger partial charge in [0.25, 0.3) is 0 Å². The van der Waals surface area contributed by atoms with E-state index >= 15 is 0 Å². The lowest BCUT2D eigenvalue weighted by Gasteiger charge is -2.28. The van der Waals surface area contributed by atoms with Gasteiger partial charge in [0.1, 0.15) is 17.2 Å². The molecule has 176 valence electrons. The zero-order chi connectivity index (χ0) is 23.9. The monoisotopic (exact) mass is 480 g/mol. The van der Waals surface area contributed by atoms with Crippen LogP contribution in [0.1, 0.15) is 52.4 Å². The van der Waals surface area contributed by atoms with Gasteiger partial charge in [-0.3, -0.25) is 4.79 Å². The number of amides is 2. The normalized spacial score (nSPS) is 19.9. The van der Waals surface area contributed by atoms with E-state index in [4.69, 9.17) is 0 Å². The van der Waals surface area contributed by atoms with Crippen LogP contribution in [0.25, 0.3) is 0 Å². The maximum absolute atomic E-state index is 14.5. The van der Waals surface area contributed by atoms with E-state index in [1.54, 1.807) is 24.0 Å². The molecule has 1 saturated carbocycles. The maximum Gasteiger partial charge on any atom is 0.321 e. The second-order valence-corrected chi connectivity index (χ2v) is 9.94. The smallest absolute Gasteiger partial charge is 0.321 e. The van der Waals surface area contributed by atoms with Gasteiger partial charge in [-0.05, 0) is 78.0 Å². The number of carboxylic acid groups (broad SMARTS) is 1. The molecule has 0 bridgehead atoms. The molecule has 1 atom stereocenters. The Bertz CT molecular complexity index is 1240. The van der Waals surface area contributed by atoms with E-state index in [0.29, 0.717) is 42.2 Å². The first kappa shape index (κ1) is 22.5. The maximum atomic E-state index is 14.5. The van der Waals surface area contributed by atoms with Crippen LogP contribution in [-0.2, 0) is 16.6 Å². The van der Waals surface area contributed by atoms with Gasteiger partial charge in [0.2, 0.25) is 0 Å². The summed E-state index contributed by atoms with van der Waals surface area (Å²) in [6, 6.07) is 10.5. The average molecular weight is 481 g/mol. The van der Waals surface area contributed by atoms with Gasteiger partial charge in [0, 0.05) is 18.8 Å². The highest BCUT2D eigenvalue weighted by Gasteiger charge is 2.45. The van der Waals surface area contributed by atoms with Gasteiger partial charge in [0.05, 0.1) is 11.8 Å². The molecule has 1 aliphatic heterocycles. The Morgan fingerprint density at radius 3 is 2.76 bits per heavy atom. The Hall–Kier alpha value is -3.33. The largest absolute Gasteiger partial charge is 0.481 e. The van der Waals surface area contributed by atoms with Crippen LogP contribution in [0.2, 0.25) is 0 Å². The van der Waals surface area contributed by atoms with Crippen molar-refractivity contribution in [1.29, 1.82) is 0 Å². The number of hydrogen-bond acceptors (Lipinski definition) is 5. The SMILES string of the molecule is Cc1ccc([C@]2(c3ncns3)CCN(C(=O)Nc3cc(C4CC4)ccc3CC(=O)O)C2)cc1F. The third-order valence-corrected chi connectivity index (χ3v) is 7.69. The van der Waals surface area contributed by atoms with Crippen molar-refractivity contribution in [3.63, 3.8) is 0 Å². The van der Waals surface area contributed by atoms with E-state index in [2.05, 4.69) is 14.7 Å². The summed E-state index contributed by atoms with van der Waals surface area (Å²) in [6.45, 7) is 2.50. The van der Waals surface area contributed by atoms with Crippen molar-refractivity contribution < 1.29 is 19.1 Å². The Labute approximate surface area is 200 Å². The standard InChI is InChI=1S/C25H25FN4O3S/c1-15-2-7-19(12-20(15)26)25(23-27-14-28-34-23)8-9-30(13-25)24(33)29-21-10-17(16-3-4-16)5-6-18(21)11-22(31)32/h2,5-7,10,12,14,16H,3-4,8-9,11,13H2,1H3,(H,29,33)(H,31,32)/t25-/m0/s1. The van der Waals surface area contributed by atoms with Crippen LogP contribution >= 0.6 is 11.5 Å². The molecular formula is C25H25FN4O3S. The predicted molar refractivity (Wildman–Crippen MR) is 127 cm³/mol. The van der Waals surface area contributed by atoms with Crippen LogP contribution in [0.3, 0.4) is 0 Å². The molecule has 2 aliphatic rings. The first-order chi connectivity index (χ1) is 16.4. The van der Waals surface area contributed by atoms with Gasteiger partial charge in [-0.2, -0.15) is 4.37 Å². The molecule has 1 saturated heterocycles. The lowest BCUT2D eigenvalue weighted by Crippen LogP contribution is -2.38. The van der Waals surface area contributed by atoms with Gasteiger partial charge in [-0.15, -0.1) is 0 Å².